The molecule has 1 unspecified atom stereocenters. The van der Waals surface area contributed by atoms with Crippen LogP contribution in [0.2, 0.25) is 0 Å². The summed E-state index contributed by atoms with van der Waals surface area (Å²) in [6.45, 7) is 8.81. The van der Waals surface area contributed by atoms with E-state index in [4.69, 9.17) is 9.84 Å². The third kappa shape index (κ3) is 59.7. The molecule has 0 saturated carbocycles. The smallest absolute Gasteiger partial charge is 0.303 e. The monoisotopic (exact) mass is 823 g/mol. The van der Waals surface area contributed by atoms with Crippen LogP contribution in [0.4, 0.5) is 0 Å². The Kier molecular flexibility index (Phi) is 57.8. The molecule has 0 heterocycles. The molecule has 4 nitrogen and oxygen atoms in total. The van der Waals surface area contributed by atoms with E-state index in [1.807, 2.05) is 0 Å². The maximum atomic E-state index is 10.3. The molecule has 0 rings (SSSR count). The summed E-state index contributed by atoms with van der Waals surface area (Å²) in [5, 5.41) is 18.4. The lowest BCUT2D eigenvalue weighted by molar-refractivity contribution is -0.137. The van der Waals surface area contributed by atoms with Gasteiger partial charge >= 0.3 is 5.97 Å². The highest BCUT2D eigenvalue weighted by molar-refractivity contribution is 5.66. The van der Waals surface area contributed by atoms with Gasteiger partial charge < -0.3 is 14.9 Å². The Morgan fingerprint density at radius 1 is 0.328 bits per heavy atom. The number of aliphatic hydroxyl groups is 1. The molecule has 1 atom stereocenters. The van der Waals surface area contributed by atoms with Crippen LogP contribution in [0.15, 0.2) is 0 Å². The van der Waals surface area contributed by atoms with E-state index in [0.29, 0.717) is 6.42 Å². The summed E-state index contributed by atoms with van der Waals surface area (Å²) in [4.78, 5) is 10.3. The van der Waals surface area contributed by atoms with E-state index in [-0.39, 0.29) is 6.10 Å². The zero-order valence-corrected chi connectivity index (χ0v) is 40.4. The van der Waals surface area contributed by atoms with Crippen molar-refractivity contribution in [1.82, 2.24) is 0 Å². The molecule has 0 aromatic carbocycles. The summed E-state index contributed by atoms with van der Waals surface area (Å²) in [7, 11) is 0. The second-order valence-electron chi connectivity index (χ2n) is 18.5. The molecule has 0 bridgehead atoms. The average Bonchev–Trinajstić information content (AvgIpc) is 3.22. The first-order chi connectivity index (χ1) is 28.6. The van der Waals surface area contributed by atoms with Crippen LogP contribution in [0, 0.1) is 0 Å². The molecule has 0 spiro atoms. The number of aliphatic carboxylic acids is 1. The van der Waals surface area contributed by atoms with Gasteiger partial charge in [-0.3, -0.25) is 4.79 Å². The van der Waals surface area contributed by atoms with Crippen molar-refractivity contribution in [2.24, 2.45) is 0 Å². The Labute approximate surface area is 366 Å². The molecule has 0 aliphatic carbocycles. The molecule has 0 fully saturated rings. The van der Waals surface area contributed by atoms with Gasteiger partial charge in [-0.05, 0) is 32.1 Å². The van der Waals surface area contributed by atoms with Crippen molar-refractivity contribution < 1.29 is 19.7 Å². The molecule has 4 heteroatoms. The van der Waals surface area contributed by atoms with E-state index < -0.39 is 5.97 Å². The SMILES string of the molecule is CCCCCCC(O)CCCCCCCCCCC(=O)O.CCCCCCCCCCCCCCCCCCOCCCCCCCCCCCCCCCCCC. The molecule has 0 aliphatic heterocycles. The Balaban J connectivity index is 0. The second-order valence-corrected chi connectivity index (χ2v) is 18.5. The lowest BCUT2D eigenvalue weighted by Gasteiger charge is -2.10. The summed E-state index contributed by atoms with van der Waals surface area (Å²) in [6.07, 6.45) is 62.3. The van der Waals surface area contributed by atoms with E-state index in [2.05, 4.69) is 20.8 Å². The van der Waals surface area contributed by atoms with Gasteiger partial charge in [-0.25, -0.2) is 0 Å². The average molecular weight is 823 g/mol. The number of rotatable bonds is 50. The van der Waals surface area contributed by atoms with Gasteiger partial charge in [-0.15, -0.1) is 0 Å². The van der Waals surface area contributed by atoms with Gasteiger partial charge in [0.2, 0.25) is 0 Å². The zero-order chi connectivity index (χ0) is 42.5. The van der Waals surface area contributed by atoms with Crippen molar-refractivity contribution in [2.45, 2.75) is 329 Å². The Morgan fingerprint density at radius 2 is 0.534 bits per heavy atom. The van der Waals surface area contributed by atoms with Crippen LogP contribution in [0.1, 0.15) is 323 Å². The second kappa shape index (κ2) is 56.4. The Morgan fingerprint density at radius 3 is 0.793 bits per heavy atom. The summed E-state index contributed by atoms with van der Waals surface area (Å²) in [6, 6.07) is 0. The molecule has 0 aromatic rings. The van der Waals surface area contributed by atoms with E-state index in [1.165, 1.54) is 257 Å². The van der Waals surface area contributed by atoms with Gasteiger partial charge in [0.05, 0.1) is 6.10 Å². The highest BCUT2D eigenvalue weighted by atomic mass is 16.5. The molecule has 0 radical (unpaired) electrons. The summed E-state index contributed by atoms with van der Waals surface area (Å²) < 4.78 is 5.87. The molecule has 350 valence electrons. The van der Waals surface area contributed by atoms with Crippen LogP contribution in [0.3, 0.4) is 0 Å². The molecule has 58 heavy (non-hydrogen) atoms. The summed E-state index contributed by atoms with van der Waals surface area (Å²) in [5.41, 5.74) is 0. The standard InChI is InChI=1S/C36H74O.C18H36O3/c1-3-5-7-9-11-13-15-17-19-21-23-25-27-29-31-33-35-37-36-34-32-30-28-26-24-22-20-18-16-14-12-10-8-6-4-2;1-2-3-4-11-14-17(19)15-12-9-7-5-6-8-10-13-16-18(20)21/h3-36H2,1-2H3;17,19H,2-16H2,1H3,(H,20,21). The third-order valence-corrected chi connectivity index (χ3v) is 12.4. The van der Waals surface area contributed by atoms with E-state index in [1.54, 1.807) is 0 Å². The van der Waals surface area contributed by atoms with Crippen molar-refractivity contribution in [2.75, 3.05) is 13.2 Å². The molecule has 0 saturated heterocycles. The number of ether oxygens (including phenoxy) is 1. The first-order valence-electron chi connectivity index (χ1n) is 27.1. The number of carbonyl (C=O) groups is 1. The van der Waals surface area contributed by atoms with E-state index in [9.17, 15) is 9.90 Å². The first kappa shape index (κ1) is 59.5. The van der Waals surface area contributed by atoms with Gasteiger partial charge in [-0.1, -0.05) is 284 Å². The fourth-order valence-electron chi connectivity index (χ4n) is 8.27. The van der Waals surface area contributed by atoms with E-state index >= 15 is 0 Å². The van der Waals surface area contributed by atoms with Gasteiger partial charge in [0.1, 0.15) is 0 Å². The number of hydrogen-bond acceptors (Lipinski definition) is 3. The number of carboxylic acid groups (broad SMARTS) is 1. The van der Waals surface area contributed by atoms with Gasteiger partial charge in [0.25, 0.3) is 0 Å². The van der Waals surface area contributed by atoms with Gasteiger partial charge in [0.15, 0.2) is 0 Å². The molecular formula is C54H110O4. The highest BCUT2D eigenvalue weighted by Gasteiger charge is 2.04. The summed E-state index contributed by atoms with van der Waals surface area (Å²) in [5.74, 6) is -0.678. The third-order valence-electron chi connectivity index (χ3n) is 12.4. The van der Waals surface area contributed by atoms with Crippen LogP contribution >= 0.6 is 0 Å². The number of carboxylic acids is 1. The molecule has 0 aliphatic rings. The van der Waals surface area contributed by atoms with Gasteiger partial charge in [-0.2, -0.15) is 0 Å². The topological polar surface area (TPSA) is 66.8 Å². The first-order valence-corrected chi connectivity index (χ1v) is 27.1. The van der Waals surface area contributed by atoms with Crippen LogP contribution in [0.25, 0.3) is 0 Å². The number of aliphatic hydroxyl groups excluding tert-OH is 1. The minimum Gasteiger partial charge on any atom is -0.481 e. The molecular weight excluding hydrogens is 713 g/mol. The maximum absolute atomic E-state index is 10.3. The molecule has 0 aromatic heterocycles. The van der Waals surface area contributed by atoms with Crippen molar-refractivity contribution >= 4 is 5.97 Å². The molecule has 0 amide bonds. The summed E-state index contributed by atoms with van der Waals surface area (Å²) >= 11 is 0. The van der Waals surface area contributed by atoms with Crippen molar-refractivity contribution in [3.8, 4) is 0 Å². The highest BCUT2D eigenvalue weighted by Crippen LogP contribution is 2.17. The normalized spacial score (nSPS) is 11.9. The quantitative estimate of drug-likeness (QED) is 0.0600. The Hall–Kier alpha value is -0.610. The predicted octanol–water partition coefficient (Wildman–Crippen LogP) is 18.8. The van der Waals surface area contributed by atoms with Crippen molar-refractivity contribution in [1.29, 1.82) is 0 Å². The fraction of sp³-hybridized carbons (Fsp3) is 0.981. The van der Waals surface area contributed by atoms with Crippen LogP contribution < -0.4 is 0 Å². The number of hydrogen-bond donors (Lipinski definition) is 2. The van der Waals surface area contributed by atoms with Gasteiger partial charge in [0, 0.05) is 19.6 Å². The lowest BCUT2D eigenvalue weighted by Crippen LogP contribution is -2.05. The number of unbranched alkanes of at least 4 members (excludes halogenated alkanes) is 40. The van der Waals surface area contributed by atoms with Crippen LogP contribution in [0.5, 0.6) is 0 Å². The predicted molar refractivity (Wildman–Crippen MR) is 258 cm³/mol. The maximum Gasteiger partial charge on any atom is 0.303 e. The fourth-order valence-corrected chi connectivity index (χ4v) is 8.27. The van der Waals surface area contributed by atoms with Crippen LogP contribution in [-0.4, -0.2) is 35.5 Å². The lowest BCUT2D eigenvalue weighted by atomic mass is 10.0. The van der Waals surface area contributed by atoms with E-state index in [0.717, 1.165) is 51.7 Å². The van der Waals surface area contributed by atoms with Crippen molar-refractivity contribution in [3.05, 3.63) is 0 Å². The minimum atomic E-state index is -0.678. The Bertz CT molecular complexity index is 677. The van der Waals surface area contributed by atoms with Crippen LogP contribution in [-0.2, 0) is 9.53 Å². The van der Waals surface area contributed by atoms with Crippen molar-refractivity contribution in [3.63, 3.8) is 0 Å². The zero-order valence-electron chi connectivity index (χ0n) is 40.4. The molecule has 2 N–H and O–H groups in total. The minimum absolute atomic E-state index is 0.0853. The largest absolute Gasteiger partial charge is 0.481 e.